The maximum Gasteiger partial charge on any atom is 0.341 e. The zero-order valence-electron chi connectivity index (χ0n) is 11.4. The van der Waals surface area contributed by atoms with Gasteiger partial charge in [0.25, 0.3) is 0 Å². The van der Waals surface area contributed by atoms with E-state index in [2.05, 4.69) is 4.74 Å². The van der Waals surface area contributed by atoms with Gasteiger partial charge in [0.05, 0.1) is 13.7 Å². The molecule has 0 N–H and O–H groups in total. The van der Waals surface area contributed by atoms with E-state index in [1.165, 1.54) is 25.3 Å². The highest BCUT2D eigenvalue weighted by molar-refractivity contribution is 6.30. The van der Waals surface area contributed by atoms with Crippen molar-refractivity contribution in [3.05, 3.63) is 64.4 Å². The fraction of sp³-hybridized carbons (Fsp3) is 0.188. The standard InChI is InChI=1S/C16H14ClFO3/c1-20-16(19)14-7-6-13(18)10-15(14)21-9-8-11-2-4-12(17)5-3-11/h2-7,10H,8-9H2,1H3. The van der Waals surface area contributed by atoms with Crippen LogP contribution in [0.2, 0.25) is 5.02 Å². The largest absolute Gasteiger partial charge is 0.492 e. The van der Waals surface area contributed by atoms with Crippen molar-refractivity contribution in [2.75, 3.05) is 13.7 Å². The van der Waals surface area contributed by atoms with Crippen molar-refractivity contribution in [2.24, 2.45) is 0 Å². The van der Waals surface area contributed by atoms with E-state index in [1.54, 1.807) is 12.1 Å². The molecule has 0 aliphatic heterocycles. The number of halogens is 2. The molecule has 0 aliphatic rings. The highest BCUT2D eigenvalue weighted by atomic mass is 35.5. The number of hydrogen-bond acceptors (Lipinski definition) is 3. The monoisotopic (exact) mass is 308 g/mol. The van der Waals surface area contributed by atoms with Crippen molar-refractivity contribution < 1.29 is 18.7 Å². The molecule has 2 aromatic rings. The Morgan fingerprint density at radius 3 is 2.57 bits per heavy atom. The number of hydrogen-bond donors (Lipinski definition) is 0. The number of esters is 1. The van der Waals surface area contributed by atoms with Gasteiger partial charge in [0.1, 0.15) is 17.1 Å². The summed E-state index contributed by atoms with van der Waals surface area (Å²) in [6.07, 6.45) is 0.619. The van der Waals surface area contributed by atoms with Crippen LogP contribution in [0.4, 0.5) is 4.39 Å². The maximum absolute atomic E-state index is 13.3. The number of carbonyl (C=O) groups is 1. The Bertz CT molecular complexity index is 626. The summed E-state index contributed by atoms with van der Waals surface area (Å²) < 4.78 is 23.4. The van der Waals surface area contributed by atoms with Crippen LogP contribution in [0.3, 0.4) is 0 Å². The number of carbonyl (C=O) groups excluding carboxylic acids is 1. The molecule has 21 heavy (non-hydrogen) atoms. The van der Waals surface area contributed by atoms with Gasteiger partial charge in [-0.2, -0.15) is 0 Å². The summed E-state index contributed by atoms with van der Waals surface area (Å²) in [5, 5.41) is 0.665. The molecular weight excluding hydrogens is 295 g/mol. The van der Waals surface area contributed by atoms with Gasteiger partial charge in [-0.15, -0.1) is 0 Å². The summed E-state index contributed by atoms with van der Waals surface area (Å²) in [6, 6.07) is 11.1. The van der Waals surface area contributed by atoms with Crippen LogP contribution in [0.5, 0.6) is 5.75 Å². The Balaban J connectivity index is 2.03. The normalized spacial score (nSPS) is 10.2. The van der Waals surface area contributed by atoms with Crippen molar-refractivity contribution in [3.8, 4) is 5.75 Å². The molecule has 0 radical (unpaired) electrons. The first-order valence-corrected chi connectivity index (χ1v) is 6.73. The lowest BCUT2D eigenvalue weighted by Gasteiger charge is -2.10. The van der Waals surface area contributed by atoms with E-state index in [4.69, 9.17) is 16.3 Å². The summed E-state index contributed by atoms with van der Waals surface area (Å²) in [5.41, 5.74) is 1.24. The minimum absolute atomic E-state index is 0.177. The Kier molecular flexibility index (Phi) is 5.17. The van der Waals surface area contributed by atoms with Crippen LogP contribution >= 0.6 is 11.6 Å². The molecule has 0 atom stereocenters. The van der Waals surface area contributed by atoms with E-state index in [9.17, 15) is 9.18 Å². The van der Waals surface area contributed by atoms with Gasteiger partial charge >= 0.3 is 5.97 Å². The fourth-order valence-electron chi connectivity index (χ4n) is 1.82. The summed E-state index contributed by atoms with van der Waals surface area (Å²) in [6.45, 7) is 0.315. The summed E-state index contributed by atoms with van der Waals surface area (Å²) in [4.78, 5) is 11.6. The first-order valence-electron chi connectivity index (χ1n) is 6.35. The van der Waals surface area contributed by atoms with Gasteiger partial charge < -0.3 is 9.47 Å². The topological polar surface area (TPSA) is 35.5 Å². The maximum atomic E-state index is 13.3. The van der Waals surface area contributed by atoms with E-state index < -0.39 is 11.8 Å². The van der Waals surface area contributed by atoms with Crippen LogP contribution in [0.25, 0.3) is 0 Å². The molecule has 2 rings (SSSR count). The van der Waals surface area contributed by atoms with Crippen LogP contribution in [0, 0.1) is 5.82 Å². The summed E-state index contributed by atoms with van der Waals surface area (Å²) in [5.74, 6) is -0.851. The molecule has 0 aromatic heterocycles. The Morgan fingerprint density at radius 1 is 1.19 bits per heavy atom. The van der Waals surface area contributed by atoms with E-state index >= 15 is 0 Å². The van der Waals surface area contributed by atoms with E-state index in [-0.39, 0.29) is 11.3 Å². The molecule has 0 aliphatic carbocycles. The van der Waals surface area contributed by atoms with Gasteiger partial charge in [0.15, 0.2) is 0 Å². The van der Waals surface area contributed by atoms with Crippen molar-refractivity contribution in [2.45, 2.75) is 6.42 Å². The van der Waals surface area contributed by atoms with Crippen LogP contribution < -0.4 is 4.74 Å². The smallest absolute Gasteiger partial charge is 0.341 e. The van der Waals surface area contributed by atoms with Crippen molar-refractivity contribution in [3.63, 3.8) is 0 Å². The summed E-state index contributed by atoms with van der Waals surface area (Å²) in [7, 11) is 1.27. The predicted octanol–water partition coefficient (Wildman–Crippen LogP) is 3.89. The average Bonchev–Trinajstić information content (AvgIpc) is 2.49. The summed E-state index contributed by atoms with van der Waals surface area (Å²) >= 11 is 5.81. The highest BCUT2D eigenvalue weighted by Crippen LogP contribution is 2.21. The number of ether oxygens (including phenoxy) is 2. The Morgan fingerprint density at radius 2 is 1.90 bits per heavy atom. The molecule has 0 saturated heterocycles. The van der Waals surface area contributed by atoms with Crippen LogP contribution in [-0.2, 0) is 11.2 Å². The molecule has 0 spiro atoms. The van der Waals surface area contributed by atoms with Gasteiger partial charge in [-0.25, -0.2) is 9.18 Å². The van der Waals surface area contributed by atoms with Crippen LogP contribution in [0.1, 0.15) is 15.9 Å². The van der Waals surface area contributed by atoms with Gasteiger partial charge in [0, 0.05) is 17.5 Å². The second-order valence-corrected chi connectivity index (χ2v) is 4.79. The third-order valence-electron chi connectivity index (χ3n) is 2.91. The first-order chi connectivity index (χ1) is 10.1. The third-order valence-corrected chi connectivity index (χ3v) is 3.16. The molecule has 3 nitrogen and oxygen atoms in total. The Hall–Kier alpha value is -2.07. The van der Waals surface area contributed by atoms with Crippen LogP contribution in [-0.4, -0.2) is 19.7 Å². The average molecular weight is 309 g/mol. The molecule has 0 fully saturated rings. The Labute approximate surface area is 127 Å². The molecule has 0 bridgehead atoms. The second-order valence-electron chi connectivity index (χ2n) is 4.36. The number of rotatable bonds is 5. The lowest BCUT2D eigenvalue weighted by molar-refractivity contribution is 0.0596. The van der Waals surface area contributed by atoms with Gasteiger partial charge in [-0.05, 0) is 29.8 Å². The molecule has 0 heterocycles. The first kappa shape index (κ1) is 15.3. The molecule has 110 valence electrons. The van der Waals surface area contributed by atoms with Gasteiger partial charge in [-0.3, -0.25) is 0 Å². The van der Waals surface area contributed by atoms with E-state index in [1.807, 2.05) is 12.1 Å². The zero-order chi connectivity index (χ0) is 15.2. The zero-order valence-corrected chi connectivity index (χ0v) is 12.2. The molecule has 0 saturated carbocycles. The number of benzene rings is 2. The molecular formula is C16H14ClFO3. The molecule has 5 heteroatoms. The second kappa shape index (κ2) is 7.09. The minimum atomic E-state index is -0.559. The fourth-order valence-corrected chi connectivity index (χ4v) is 1.95. The lowest BCUT2D eigenvalue weighted by Crippen LogP contribution is -2.08. The number of methoxy groups -OCH3 is 1. The van der Waals surface area contributed by atoms with E-state index in [0.29, 0.717) is 18.1 Å². The molecule has 2 aromatic carbocycles. The van der Waals surface area contributed by atoms with Crippen molar-refractivity contribution in [1.82, 2.24) is 0 Å². The van der Waals surface area contributed by atoms with Crippen molar-refractivity contribution >= 4 is 17.6 Å². The van der Waals surface area contributed by atoms with Crippen molar-refractivity contribution in [1.29, 1.82) is 0 Å². The van der Waals surface area contributed by atoms with Gasteiger partial charge in [0.2, 0.25) is 0 Å². The van der Waals surface area contributed by atoms with Crippen LogP contribution in [0.15, 0.2) is 42.5 Å². The molecule has 0 unspecified atom stereocenters. The quantitative estimate of drug-likeness (QED) is 0.786. The minimum Gasteiger partial charge on any atom is -0.492 e. The van der Waals surface area contributed by atoms with E-state index in [0.717, 1.165) is 5.56 Å². The predicted molar refractivity (Wildman–Crippen MR) is 78.4 cm³/mol. The third kappa shape index (κ3) is 4.20. The molecule has 0 amide bonds. The highest BCUT2D eigenvalue weighted by Gasteiger charge is 2.13. The lowest BCUT2D eigenvalue weighted by atomic mass is 10.1. The van der Waals surface area contributed by atoms with Gasteiger partial charge in [-0.1, -0.05) is 23.7 Å². The SMILES string of the molecule is COC(=O)c1ccc(F)cc1OCCc1ccc(Cl)cc1.